The largest absolute Gasteiger partial charge is 0.469 e. The Morgan fingerprint density at radius 2 is 1.60 bits per heavy atom. The Morgan fingerprint density at radius 1 is 0.967 bits per heavy atom. The van der Waals surface area contributed by atoms with Gasteiger partial charge in [0.05, 0.1) is 17.8 Å². The van der Waals surface area contributed by atoms with Gasteiger partial charge in [0.15, 0.2) is 5.78 Å². The van der Waals surface area contributed by atoms with Crippen molar-refractivity contribution in [3.8, 4) is 0 Å². The Bertz CT molecular complexity index is 1030. The van der Waals surface area contributed by atoms with E-state index in [1.807, 2.05) is 99.6 Å². The molecule has 0 spiro atoms. The summed E-state index contributed by atoms with van der Waals surface area (Å²) in [5.74, 6) is -0.248. The first-order valence-corrected chi connectivity index (χ1v) is 10.4. The van der Waals surface area contributed by atoms with Gasteiger partial charge in [-0.2, -0.15) is 0 Å². The molecule has 154 valence electrons. The van der Waals surface area contributed by atoms with Crippen LogP contribution in [0.1, 0.15) is 54.8 Å². The topological polar surface area (TPSA) is 50.4 Å². The number of benzene rings is 2. The average Bonchev–Trinajstić information content (AvgIpc) is 3.28. The minimum Gasteiger partial charge on any atom is -0.469 e. The van der Waals surface area contributed by atoms with Crippen LogP contribution in [-0.2, 0) is 0 Å². The number of carbonyl (C=O) groups excluding carboxylic acids is 1. The third-order valence-corrected chi connectivity index (χ3v) is 6.31. The molecule has 0 saturated heterocycles. The van der Waals surface area contributed by atoms with Gasteiger partial charge in [-0.25, -0.2) is 0 Å². The van der Waals surface area contributed by atoms with Gasteiger partial charge >= 0.3 is 0 Å². The molecule has 4 rings (SSSR count). The Hall–Kier alpha value is -2.91. The number of hydrogen-bond donors (Lipinski definition) is 1. The first-order valence-electron chi connectivity index (χ1n) is 10.4. The van der Waals surface area contributed by atoms with Crippen LogP contribution in [0.4, 0.5) is 0 Å². The van der Waals surface area contributed by atoms with E-state index in [4.69, 9.17) is 4.42 Å². The third kappa shape index (κ3) is 3.54. The van der Waals surface area contributed by atoms with E-state index in [9.17, 15) is 9.90 Å². The van der Waals surface area contributed by atoms with E-state index in [1.165, 1.54) is 0 Å². The summed E-state index contributed by atoms with van der Waals surface area (Å²) in [6, 6.07) is 23.1. The highest BCUT2D eigenvalue weighted by molar-refractivity contribution is 6.00. The lowest BCUT2D eigenvalue weighted by Gasteiger charge is -2.49. The molecule has 0 amide bonds. The molecule has 0 saturated carbocycles. The fraction of sp³-hybridized carbons (Fsp3) is 0.296. The molecule has 2 aromatic carbocycles. The van der Waals surface area contributed by atoms with Crippen LogP contribution >= 0.6 is 0 Å². The second-order valence-corrected chi connectivity index (χ2v) is 9.14. The molecular weight excluding hydrogens is 372 g/mol. The Balaban J connectivity index is 1.92. The molecule has 1 aliphatic carbocycles. The molecule has 3 nitrogen and oxygen atoms in total. The van der Waals surface area contributed by atoms with Crippen LogP contribution in [0.3, 0.4) is 0 Å². The normalized spacial score (nSPS) is 24.3. The predicted octanol–water partition coefficient (Wildman–Crippen LogP) is 6.13. The molecule has 30 heavy (non-hydrogen) atoms. The van der Waals surface area contributed by atoms with Gasteiger partial charge in [0.25, 0.3) is 0 Å². The zero-order valence-electron chi connectivity index (χ0n) is 17.7. The summed E-state index contributed by atoms with van der Waals surface area (Å²) in [6.07, 6.45) is 4.18. The van der Waals surface area contributed by atoms with Crippen molar-refractivity contribution in [3.63, 3.8) is 0 Å². The van der Waals surface area contributed by atoms with Crippen molar-refractivity contribution in [2.24, 2.45) is 11.3 Å². The van der Waals surface area contributed by atoms with Crippen molar-refractivity contribution in [1.29, 1.82) is 0 Å². The lowest BCUT2D eigenvalue weighted by Crippen LogP contribution is -2.54. The second kappa shape index (κ2) is 7.73. The van der Waals surface area contributed by atoms with Gasteiger partial charge in [-0.15, -0.1) is 0 Å². The van der Waals surface area contributed by atoms with E-state index < -0.39 is 16.9 Å². The van der Waals surface area contributed by atoms with Crippen molar-refractivity contribution >= 4 is 11.4 Å². The second-order valence-electron chi connectivity index (χ2n) is 9.14. The number of hydrogen-bond acceptors (Lipinski definition) is 3. The highest BCUT2D eigenvalue weighted by Gasteiger charge is 2.55. The molecule has 0 bridgehead atoms. The standard InChI is InChI=1S/C27H28O3/c1-26(2,3)27(29)18-21(19-11-6-4-7-12-19)17-22(23-15-10-16-30-23)24(27)25(28)20-13-8-5-9-14-20/h4-16,18,22,24,29H,17H2,1-3H3/t22-,24-,27-/m0/s1. The molecule has 1 N–H and O–H groups in total. The van der Waals surface area contributed by atoms with Gasteiger partial charge < -0.3 is 9.52 Å². The van der Waals surface area contributed by atoms with E-state index in [1.54, 1.807) is 6.26 Å². The van der Waals surface area contributed by atoms with Crippen LogP contribution in [0, 0.1) is 11.3 Å². The van der Waals surface area contributed by atoms with Crippen molar-refractivity contribution in [2.75, 3.05) is 0 Å². The first-order chi connectivity index (χ1) is 14.3. The van der Waals surface area contributed by atoms with Crippen molar-refractivity contribution in [2.45, 2.75) is 38.7 Å². The highest BCUT2D eigenvalue weighted by atomic mass is 16.3. The number of aliphatic hydroxyl groups is 1. The fourth-order valence-electron chi connectivity index (χ4n) is 4.54. The molecule has 3 atom stereocenters. The van der Waals surface area contributed by atoms with Gasteiger partial charge in [-0.3, -0.25) is 4.79 Å². The lowest BCUT2D eigenvalue weighted by molar-refractivity contribution is -0.0645. The monoisotopic (exact) mass is 400 g/mol. The fourth-order valence-corrected chi connectivity index (χ4v) is 4.54. The minimum absolute atomic E-state index is 0.0576. The maximum absolute atomic E-state index is 13.8. The van der Waals surface area contributed by atoms with Gasteiger partial charge in [-0.1, -0.05) is 81.4 Å². The molecule has 0 fully saturated rings. The van der Waals surface area contributed by atoms with Crippen molar-refractivity contribution in [1.82, 2.24) is 0 Å². The van der Waals surface area contributed by atoms with E-state index in [2.05, 4.69) is 0 Å². The number of ketones is 1. The summed E-state index contributed by atoms with van der Waals surface area (Å²) in [5.41, 5.74) is 0.793. The van der Waals surface area contributed by atoms with Crippen molar-refractivity contribution in [3.05, 3.63) is 102 Å². The summed E-state index contributed by atoms with van der Waals surface area (Å²) >= 11 is 0. The minimum atomic E-state index is -1.35. The molecule has 3 aromatic rings. The Kier molecular flexibility index (Phi) is 5.25. The van der Waals surface area contributed by atoms with E-state index >= 15 is 0 Å². The average molecular weight is 401 g/mol. The van der Waals surface area contributed by atoms with Gasteiger partial charge in [0.1, 0.15) is 5.76 Å². The van der Waals surface area contributed by atoms with Crippen LogP contribution in [0.25, 0.3) is 5.57 Å². The molecule has 1 aromatic heterocycles. The predicted molar refractivity (Wildman–Crippen MR) is 119 cm³/mol. The number of rotatable bonds is 4. The molecule has 3 heteroatoms. The Morgan fingerprint density at radius 3 is 2.17 bits per heavy atom. The van der Waals surface area contributed by atoms with E-state index in [-0.39, 0.29) is 11.7 Å². The smallest absolute Gasteiger partial charge is 0.169 e. The number of Topliss-reactive ketones (excluding diaryl/α,β-unsaturated/α-hetero) is 1. The van der Waals surface area contributed by atoms with Crippen LogP contribution in [-0.4, -0.2) is 16.5 Å². The maximum Gasteiger partial charge on any atom is 0.169 e. The maximum atomic E-state index is 13.8. The zero-order chi connectivity index (χ0) is 21.4. The highest BCUT2D eigenvalue weighted by Crippen LogP contribution is 2.53. The first kappa shape index (κ1) is 20.4. The van der Waals surface area contributed by atoms with Gasteiger partial charge in [0.2, 0.25) is 0 Å². The van der Waals surface area contributed by atoms with Crippen LogP contribution in [0.2, 0.25) is 0 Å². The van der Waals surface area contributed by atoms with Crippen LogP contribution in [0.5, 0.6) is 0 Å². The molecular formula is C27H28O3. The SMILES string of the molecule is CC(C)(C)[C@]1(O)C=C(c2ccccc2)C[C@@H](c2ccco2)[C@H]1C(=O)c1ccccc1. The van der Waals surface area contributed by atoms with E-state index in [0.29, 0.717) is 12.0 Å². The van der Waals surface area contributed by atoms with Gasteiger partial charge in [0, 0.05) is 11.5 Å². The Labute approximate surface area is 178 Å². The lowest BCUT2D eigenvalue weighted by atomic mass is 9.57. The summed E-state index contributed by atoms with van der Waals surface area (Å²) in [7, 11) is 0. The van der Waals surface area contributed by atoms with Gasteiger partial charge in [-0.05, 0) is 41.2 Å². The molecule has 0 unspecified atom stereocenters. The molecule has 1 aliphatic rings. The number of furan rings is 1. The van der Waals surface area contributed by atoms with Crippen molar-refractivity contribution < 1.29 is 14.3 Å². The summed E-state index contributed by atoms with van der Waals surface area (Å²) in [5, 5.41) is 12.2. The molecule has 0 aliphatic heterocycles. The third-order valence-electron chi connectivity index (χ3n) is 6.31. The van der Waals surface area contributed by atoms with Crippen LogP contribution < -0.4 is 0 Å². The molecule has 1 heterocycles. The number of allylic oxidation sites excluding steroid dienone is 1. The summed E-state index contributed by atoms with van der Waals surface area (Å²) < 4.78 is 5.79. The zero-order valence-corrected chi connectivity index (χ0v) is 17.7. The summed E-state index contributed by atoms with van der Waals surface area (Å²) in [6.45, 7) is 5.96. The quantitative estimate of drug-likeness (QED) is 0.536. The number of carbonyl (C=O) groups is 1. The molecule has 0 radical (unpaired) electrons. The van der Waals surface area contributed by atoms with Crippen LogP contribution in [0.15, 0.2) is 89.6 Å². The summed E-state index contributed by atoms with van der Waals surface area (Å²) in [4.78, 5) is 13.8. The van der Waals surface area contributed by atoms with E-state index in [0.717, 1.165) is 16.9 Å².